The van der Waals surface area contributed by atoms with Crippen LogP contribution in [0.25, 0.3) is 22.3 Å². The predicted octanol–water partition coefficient (Wildman–Crippen LogP) is 4.22. The molecule has 2 fully saturated rings. The minimum Gasteiger partial charge on any atom is -0.339 e. The monoisotopic (exact) mass is 512 g/mol. The molecule has 196 valence electrons. The molecule has 1 saturated carbocycles. The Bertz CT molecular complexity index is 1530. The summed E-state index contributed by atoms with van der Waals surface area (Å²) in [6.07, 6.45) is 9.78. The molecule has 10 nitrogen and oxygen atoms in total. The second-order valence-electron chi connectivity index (χ2n) is 10.5. The summed E-state index contributed by atoms with van der Waals surface area (Å²) in [7, 11) is 1.93. The molecule has 0 bridgehead atoms. The van der Waals surface area contributed by atoms with E-state index >= 15 is 0 Å². The fourth-order valence-electron chi connectivity index (χ4n) is 5.19. The summed E-state index contributed by atoms with van der Waals surface area (Å²) in [5.41, 5.74) is 6.06. The number of hydrogen-bond acceptors (Lipinski definition) is 6. The number of rotatable bonds is 7. The largest absolute Gasteiger partial charge is 0.339 e. The molecule has 1 saturated heterocycles. The fourth-order valence-corrected chi connectivity index (χ4v) is 5.19. The van der Waals surface area contributed by atoms with Gasteiger partial charge >= 0.3 is 0 Å². The summed E-state index contributed by atoms with van der Waals surface area (Å²) in [4.78, 5) is 40.1. The van der Waals surface area contributed by atoms with Crippen molar-refractivity contribution >= 4 is 34.2 Å². The molecule has 3 N–H and O–H groups in total. The number of carbonyl (C=O) groups is 2. The molecule has 5 heterocycles. The van der Waals surface area contributed by atoms with Crippen molar-refractivity contribution in [1.82, 2.24) is 29.6 Å². The van der Waals surface area contributed by atoms with Crippen molar-refractivity contribution in [3.05, 3.63) is 53.7 Å². The number of carbonyl (C=O) groups excluding carboxylic acids is 2. The van der Waals surface area contributed by atoms with E-state index in [1.54, 1.807) is 18.5 Å². The second-order valence-corrected chi connectivity index (χ2v) is 10.5. The third kappa shape index (κ3) is 4.91. The van der Waals surface area contributed by atoms with E-state index < -0.39 is 0 Å². The van der Waals surface area contributed by atoms with E-state index in [-0.39, 0.29) is 11.8 Å². The molecular formula is C28H32N8O2. The number of aryl methyl sites for hydroxylation is 2. The molecule has 1 atom stereocenters. The first-order valence-electron chi connectivity index (χ1n) is 13.2. The zero-order chi connectivity index (χ0) is 26.4. The molecule has 4 aromatic heterocycles. The number of nitrogens with zero attached hydrogens (tertiary/aromatic N) is 5. The maximum absolute atomic E-state index is 13.1. The SMILES string of the molecule is Cc1ncc(NC(=O)CN2CCC[C@@H]2C)cc1NC(=O)c1cnc2[nH]c(-c3cn(C)nc3C3CC3)cc2c1. The van der Waals surface area contributed by atoms with E-state index in [9.17, 15) is 9.59 Å². The van der Waals surface area contributed by atoms with E-state index in [4.69, 9.17) is 0 Å². The van der Waals surface area contributed by atoms with Gasteiger partial charge in [0.1, 0.15) is 5.65 Å². The number of likely N-dealkylation sites (tertiary alicyclic amines) is 1. The molecule has 10 heteroatoms. The van der Waals surface area contributed by atoms with Crippen LogP contribution in [0, 0.1) is 6.92 Å². The number of aromatic nitrogens is 5. The van der Waals surface area contributed by atoms with Gasteiger partial charge in [-0.05, 0) is 64.3 Å². The van der Waals surface area contributed by atoms with Gasteiger partial charge in [-0.1, -0.05) is 0 Å². The summed E-state index contributed by atoms with van der Waals surface area (Å²) in [5, 5.41) is 11.3. The zero-order valence-corrected chi connectivity index (χ0v) is 21.9. The molecule has 6 rings (SSSR count). The minimum atomic E-state index is -0.290. The lowest BCUT2D eigenvalue weighted by molar-refractivity contribution is -0.117. The van der Waals surface area contributed by atoms with Crippen molar-refractivity contribution in [2.45, 2.75) is 51.5 Å². The third-order valence-electron chi connectivity index (χ3n) is 7.50. The Labute approximate surface area is 220 Å². The van der Waals surface area contributed by atoms with E-state index in [1.807, 2.05) is 37.0 Å². The number of hydrogen-bond donors (Lipinski definition) is 3. The molecule has 0 unspecified atom stereocenters. The van der Waals surface area contributed by atoms with Gasteiger partial charge in [-0.2, -0.15) is 5.10 Å². The number of H-pyrrole nitrogens is 1. The summed E-state index contributed by atoms with van der Waals surface area (Å²) >= 11 is 0. The number of aromatic amines is 1. The molecule has 4 aromatic rings. The van der Waals surface area contributed by atoms with Gasteiger partial charge in [-0.15, -0.1) is 0 Å². The lowest BCUT2D eigenvalue weighted by Gasteiger charge is -2.20. The third-order valence-corrected chi connectivity index (χ3v) is 7.50. The summed E-state index contributed by atoms with van der Waals surface area (Å²) in [6.45, 7) is 5.25. The van der Waals surface area contributed by atoms with Crippen LogP contribution < -0.4 is 10.6 Å². The number of nitrogens with one attached hydrogen (secondary N) is 3. The van der Waals surface area contributed by atoms with Crippen LogP contribution in [-0.4, -0.2) is 60.6 Å². The fraction of sp³-hybridized carbons (Fsp3) is 0.393. The van der Waals surface area contributed by atoms with E-state index in [0.717, 1.165) is 47.4 Å². The summed E-state index contributed by atoms with van der Waals surface area (Å²) < 4.78 is 1.85. The molecule has 2 amide bonds. The Balaban J connectivity index is 1.17. The second kappa shape index (κ2) is 9.68. The maximum Gasteiger partial charge on any atom is 0.257 e. The Morgan fingerprint density at radius 1 is 1.11 bits per heavy atom. The van der Waals surface area contributed by atoms with Crippen molar-refractivity contribution in [1.29, 1.82) is 0 Å². The highest BCUT2D eigenvalue weighted by atomic mass is 16.2. The van der Waals surface area contributed by atoms with E-state index in [1.165, 1.54) is 12.8 Å². The standard InChI is InChI=1S/C28H32N8O2/c1-16-5-4-8-36(16)15-25(37)31-21-11-23(17(2)29-13-21)33-28(38)20-9-19-10-24(32-27(19)30-12-20)22-14-35(3)34-26(22)18-6-7-18/h9-14,16,18H,4-8,15H2,1-3H3,(H,30,32)(H,31,37)(H,33,38)/t16-/m0/s1. The predicted molar refractivity (Wildman–Crippen MR) is 146 cm³/mol. The van der Waals surface area contributed by atoms with Crippen LogP contribution >= 0.6 is 0 Å². The highest BCUT2D eigenvalue weighted by molar-refractivity contribution is 6.06. The smallest absolute Gasteiger partial charge is 0.257 e. The first-order chi connectivity index (χ1) is 18.3. The number of pyridine rings is 2. The van der Waals surface area contributed by atoms with Crippen molar-refractivity contribution < 1.29 is 9.59 Å². The molecule has 1 aliphatic carbocycles. The topological polar surface area (TPSA) is 121 Å². The minimum absolute atomic E-state index is 0.0851. The first-order valence-corrected chi connectivity index (χ1v) is 13.2. The van der Waals surface area contributed by atoms with Crippen LogP contribution in [0.1, 0.15) is 60.3 Å². The Hall–Kier alpha value is -4.05. The maximum atomic E-state index is 13.1. The number of amides is 2. The van der Waals surface area contributed by atoms with Gasteiger partial charge < -0.3 is 15.6 Å². The van der Waals surface area contributed by atoms with Crippen LogP contribution in [0.2, 0.25) is 0 Å². The molecule has 1 aliphatic heterocycles. The Morgan fingerprint density at radius 3 is 2.71 bits per heavy atom. The van der Waals surface area contributed by atoms with Gasteiger partial charge in [0.15, 0.2) is 0 Å². The van der Waals surface area contributed by atoms with Crippen LogP contribution in [-0.2, 0) is 11.8 Å². The molecule has 2 aliphatic rings. The van der Waals surface area contributed by atoms with Crippen molar-refractivity contribution in [2.75, 3.05) is 23.7 Å². The normalized spacial score (nSPS) is 17.7. The van der Waals surface area contributed by atoms with Gasteiger partial charge in [0.05, 0.1) is 46.8 Å². The number of fused-ring (bicyclic) bond motifs is 1. The highest BCUT2D eigenvalue weighted by Gasteiger charge is 2.30. The highest BCUT2D eigenvalue weighted by Crippen LogP contribution is 2.43. The van der Waals surface area contributed by atoms with Gasteiger partial charge in [0.2, 0.25) is 5.91 Å². The lowest BCUT2D eigenvalue weighted by atomic mass is 10.1. The van der Waals surface area contributed by atoms with Crippen molar-refractivity contribution in [2.24, 2.45) is 7.05 Å². The molecule has 0 aromatic carbocycles. The quantitative estimate of drug-likeness (QED) is 0.341. The Kier molecular flexibility index (Phi) is 6.19. The van der Waals surface area contributed by atoms with Crippen molar-refractivity contribution in [3.63, 3.8) is 0 Å². The lowest BCUT2D eigenvalue weighted by Crippen LogP contribution is -2.35. The van der Waals surface area contributed by atoms with Crippen LogP contribution in [0.15, 0.2) is 36.8 Å². The summed E-state index contributed by atoms with van der Waals surface area (Å²) in [6, 6.07) is 6.01. The van der Waals surface area contributed by atoms with Crippen molar-refractivity contribution in [3.8, 4) is 11.3 Å². The van der Waals surface area contributed by atoms with Crippen LogP contribution in [0.3, 0.4) is 0 Å². The van der Waals surface area contributed by atoms with Crippen LogP contribution in [0.5, 0.6) is 0 Å². The van der Waals surface area contributed by atoms with Gasteiger partial charge in [-0.25, -0.2) is 4.98 Å². The molecule has 0 radical (unpaired) electrons. The van der Waals surface area contributed by atoms with Crippen LogP contribution in [0.4, 0.5) is 11.4 Å². The average Bonchev–Trinajstić information content (AvgIpc) is 3.33. The molecular weight excluding hydrogens is 480 g/mol. The van der Waals surface area contributed by atoms with Gasteiger partial charge in [-0.3, -0.25) is 24.2 Å². The van der Waals surface area contributed by atoms with Gasteiger partial charge in [0.25, 0.3) is 5.91 Å². The van der Waals surface area contributed by atoms with Gasteiger partial charge in [0, 0.05) is 42.4 Å². The summed E-state index contributed by atoms with van der Waals surface area (Å²) in [5.74, 6) is 0.146. The van der Waals surface area contributed by atoms with E-state index in [2.05, 4.69) is 42.5 Å². The van der Waals surface area contributed by atoms with E-state index in [0.29, 0.717) is 41.1 Å². The zero-order valence-electron chi connectivity index (χ0n) is 21.9. The number of anilines is 2. The first kappa shape index (κ1) is 24.3. The molecule has 38 heavy (non-hydrogen) atoms. The Morgan fingerprint density at radius 2 is 1.95 bits per heavy atom. The molecule has 0 spiro atoms. The average molecular weight is 513 g/mol.